The summed E-state index contributed by atoms with van der Waals surface area (Å²) in [6, 6.07) is 10.7. The van der Waals surface area contributed by atoms with E-state index < -0.39 is 0 Å². The minimum absolute atomic E-state index is 0.0222. The maximum Gasteiger partial charge on any atom is 0.244 e. The Balaban J connectivity index is 1.75. The van der Waals surface area contributed by atoms with Crippen LogP contribution in [0.4, 0.5) is 0 Å². The van der Waals surface area contributed by atoms with E-state index in [0.29, 0.717) is 24.2 Å². The van der Waals surface area contributed by atoms with Gasteiger partial charge in [0, 0.05) is 26.4 Å². The topological polar surface area (TPSA) is 69.4 Å². The van der Waals surface area contributed by atoms with Gasteiger partial charge in [0.2, 0.25) is 5.89 Å². The Bertz CT molecular complexity index is 626. The highest BCUT2D eigenvalue weighted by Gasteiger charge is 2.31. The van der Waals surface area contributed by atoms with Gasteiger partial charge in [0.15, 0.2) is 5.82 Å². The van der Waals surface area contributed by atoms with Crippen molar-refractivity contribution in [2.75, 3.05) is 26.9 Å². The van der Waals surface area contributed by atoms with E-state index in [1.54, 1.807) is 7.11 Å². The molecule has 0 spiro atoms. The molecule has 0 aliphatic carbocycles. The highest BCUT2D eigenvalue weighted by molar-refractivity contribution is 5.16. The van der Waals surface area contributed by atoms with Crippen LogP contribution in [0.2, 0.25) is 0 Å². The van der Waals surface area contributed by atoms with Gasteiger partial charge in [0.1, 0.15) is 0 Å². The summed E-state index contributed by atoms with van der Waals surface area (Å²) in [5.41, 5.74) is 1.28. The van der Waals surface area contributed by atoms with Gasteiger partial charge < -0.3 is 19.3 Å². The van der Waals surface area contributed by atoms with E-state index in [2.05, 4.69) is 39.7 Å². The molecule has 6 nitrogen and oxygen atoms in total. The largest absolute Gasteiger partial charge is 0.383 e. The molecule has 0 bridgehead atoms. The minimum Gasteiger partial charge on any atom is -0.383 e. The van der Waals surface area contributed by atoms with E-state index in [0.717, 1.165) is 32.5 Å². The molecule has 2 heterocycles. The number of hydrogen-bond acceptors (Lipinski definition) is 6. The summed E-state index contributed by atoms with van der Waals surface area (Å²) in [6.07, 6.45) is 2.87. The molecule has 1 aromatic carbocycles. The fourth-order valence-corrected chi connectivity index (χ4v) is 3.42. The molecule has 0 amide bonds. The molecule has 3 rings (SSSR count). The van der Waals surface area contributed by atoms with Crippen molar-refractivity contribution in [3.05, 3.63) is 47.6 Å². The van der Waals surface area contributed by atoms with Crippen molar-refractivity contribution in [3.63, 3.8) is 0 Å². The molecule has 2 atom stereocenters. The fraction of sp³-hybridized carbons (Fsp3) is 0.579. The van der Waals surface area contributed by atoms with Crippen LogP contribution >= 0.6 is 0 Å². The number of nitrogens with one attached hydrogen (secondary N) is 1. The van der Waals surface area contributed by atoms with E-state index in [-0.39, 0.29) is 12.1 Å². The van der Waals surface area contributed by atoms with Crippen LogP contribution in [0.15, 0.2) is 34.9 Å². The summed E-state index contributed by atoms with van der Waals surface area (Å²) >= 11 is 0. The molecule has 1 N–H and O–H groups in total. The van der Waals surface area contributed by atoms with Crippen molar-refractivity contribution in [2.24, 2.45) is 5.92 Å². The zero-order chi connectivity index (χ0) is 17.5. The first kappa shape index (κ1) is 18.0. The van der Waals surface area contributed by atoms with Gasteiger partial charge in [-0.3, -0.25) is 0 Å². The molecular weight excluding hydrogens is 318 g/mol. The third-order valence-corrected chi connectivity index (χ3v) is 4.65. The van der Waals surface area contributed by atoms with Gasteiger partial charge in [0.05, 0.1) is 12.6 Å². The van der Waals surface area contributed by atoms with Gasteiger partial charge in [-0.2, -0.15) is 4.98 Å². The van der Waals surface area contributed by atoms with E-state index in [4.69, 9.17) is 14.0 Å². The van der Waals surface area contributed by atoms with Gasteiger partial charge in [-0.15, -0.1) is 0 Å². The van der Waals surface area contributed by atoms with Crippen LogP contribution in [0.5, 0.6) is 0 Å². The Labute approximate surface area is 148 Å². The smallest absolute Gasteiger partial charge is 0.244 e. The van der Waals surface area contributed by atoms with Crippen LogP contribution in [0.1, 0.15) is 36.2 Å². The maximum atomic E-state index is 5.52. The minimum atomic E-state index is 0.0222. The Hall–Kier alpha value is -1.76. The van der Waals surface area contributed by atoms with E-state index in [1.807, 2.05) is 13.0 Å². The Kier molecular flexibility index (Phi) is 6.55. The Morgan fingerprint density at radius 1 is 1.24 bits per heavy atom. The highest BCUT2D eigenvalue weighted by Crippen LogP contribution is 2.30. The summed E-state index contributed by atoms with van der Waals surface area (Å²) in [5.74, 6) is 1.75. The summed E-state index contributed by atoms with van der Waals surface area (Å²) in [6.45, 7) is 4.04. The lowest BCUT2D eigenvalue weighted by Crippen LogP contribution is -2.42. The second-order valence-electron chi connectivity index (χ2n) is 6.62. The first-order valence-electron chi connectivity index (χ1n) is 8.93. The zero-order valence-corrected chi connectivity index (χ0v) is 15.0. The number of benzene rings is 1. The summed E-state index contributed by atoms with van der Waals surface area (Å²) in [5, 5.41) is 7.71. The number of aromatic nitrogens is 2. The average Bonchev–Trinajstić information content (AvgIpc) is 3.07. The van der Waals surface area contributed by atoms with Gasteiger partial charge in [-0.05, 0) is 37.7 Å². The number of ether oxygens (including phenoxy) is 2. The van der Waals surface area contributed by atoms with E-state index >= 15 is 0 Å². The van der Waals surface area contributed by atoms with Crippen LogP contribution in [0.25, 0.3) is 0 Å². The lowest BCUT2D eigenvalue weighted by atomic mass is 9.90. The average molecular weight is 345 g/mol. The fourth-order valence-electron chi connectivity index (χ4n) is 3.42. The number of methoxy groups -OCH3 is 1. The summed E-state index contributed by atoms with van der Waals surface area (Å²) in [7, 11) is 1.74. The van der Waals surface area contributed by atoms with Gasteiger partial charge >= 0.3 is 0 Å². The van der Waals surface area contributed by atoms with Crippen molar-refractivity contribution in [1.82, 2.24) is 15.5 Å². The third-order valence-electron chi connectivity index (χ3n) is 4.65. The third kappa shape index (κ3) is 5.11. The van der Waals surface area contributed by atoms with Crippen molar-refractivity contribution < 1.29 is 14.0 Å². The molecule has 0 saturated carbocycles. The zero-order valence-electron chi connectivity index (χ0n) is 15.0. The molecule has 1 fully saturated rings. The maximum absolute atomic E-state index is 5.52. The predicted octanol–water partition coefficient (Wildman–Crippen LogP) is 2.69. The SMILES string of the molecule is COC[C@@H](Cc1ccccc1)N[C@H](c1nc(C)no1)C1CCOCC1. The lowest BCUT2D eigenvalue weighted by molar-refractivity contribution is 0.0435. The van der Waals surface area contributed by atoms with E-state index in [1.165, 1.54) is 5.56 Å². The molecule has 0 unspecified atom stereocenters. The van der Waals surface area contributed by atoms with Crippen LogP contribution in [0, 0.1) is 12.8 Å². The van der Waals surface area contributed by atoms with Gasteiger partial charge in [-0.1, -0.05) is 35.5 Å². The van der Waals surface area contributed by atoms with Crippen LogP contribution in [-0.2, 0) is 15.9 Å². The number of rotatable bonds is 8. The molecule has 2 aromatic rings. The number of aryl methyl sites for hydroxylation is 1. The summed E-state index contributed by atoms with van der Waals surface area (Å²) < 4.78 is 16.5. The molecular formula is C19H27N3O3. The molecule has 136 valence electrons. The second kappa shape index (κ2) is 9.08. The standard InChI is InChI=1S/C19H27N3O3/c1-14-20-19(25-22-14)18(16-8-10-24-11-9-16)21-17(13-23-2)12-15-6-4-3-5-7-15/h3-7,16-18,21H,8-13H2,1-2H3/t17-,18+/m1/s1. The summed E-state index contributed by atoms with van der Waals surface area (Å²) in [4.78, 5) is 4.48. The first-order valence-corrected chi connectivity index (χ1v) is 8.93. The van der Waals surface area contributed by atoms with Crippen molar-refractivity contribution in [2.45, 2.75) is 38.3 Å². The number of hydrogen-bond donors (Lipinski definition) is 1. The van der Waals surface area contributed by atoms with Gasteiger partial charge in [-0.25, -0.2) is 0 Å². The molecule has 1 aliphatic rings. The monoisotopic (exact) mass is 345 g/mol. The van der Waals surface area contributed by atoms with Crippen LogP contribution < -0.4 is 5.32 Å². The van der Waals surface area contributed by atoms with E-state index in [9.17, 15) is 0 Å². The molecule has 1 aromatic heterocycles. The van der Waals surface area contributed by atoms with Crippen molar-refractivity contribution in [3.8, 4) is 0 Å². The number of nitrogens with zero attached hydrogens (tertiary/aromatic N) is 2. The predicted molar refractivity (Wildman–Crippen MR) is 94.3 cm³/mol. The molecule has 6 heteroatoms. The Morgan fingerprint density at radius 2 is 2.00 bits per heavy atom. The highest BCUT2D eigenvalue weighted by atomic mass is 16.5. The molecule has 1 aliphatic heterocycles. The molecule has 25 heavy (non-hydrogen) atoms. The lowest BCUT2D eigenvalue weighted by Gasteiger charge is -2.31. The second-order valence-corrected chi connectivity index (χ2v) is 6.62. The van der Waals surface area contributed by atoms with Crippen molar-refractivity contribution >= 4 is 0 Å². The van der Waals surface area contributed by atoms with Crippen LogP contribution in [0.3, 0.4) is 0 Å². The molecule has 0 radical (unpaired) electrons. The first-order chi connectivity index (χ1) is 12.3. The van der Waals surface area contributed by atoms with Gasteiger partial charge in [0.25, 0.3) is 0 Å². The molecule has 1 saturated heterocycles. The quantitative estimate of drug-likeness (QED) is 0.793. The van der Waals surface area contributed by atoms with Crippen molar-refractivity contribution in [1.29, 1.82) is 0 Å². The normalized spacial score (nSPS) is 18.2. The Morgan fingerprint density at radius 3 is 2.64 bits per heavy atom. The van der Waals surface area contributed by atoms with Crippen LogP contribution in [-0.4, -0.2) is 43.1 Å².